The summed E-state index contributed by atoms with van der Waals surface area (Å²) in [7, 11) is 0. The lowest BCUT2D eigenvalue weighted by Gasteiger charge is -2.17. The summed E-state index contributed by atoms with van der Waals surface area (Å²) in [5.41, 5.74) is 0.369. The Bertz CT molecular complexity index is 440. The van der Waals surface area contributed by atoms with E-state index >= 15 is 0 Å². The summed E-state index contributed by atoms with van der Waals surface area (Å²) in [4.78, 5) is 8.42. The molecule has 1 aromatic rings. The predicted molar refractivity (Wildman–Crippen MR) is 101 cm³/mol. The van der Waals surface area contributed by atoms with Crippen molar-refractivity contribution in [3.8, 4) is 0 Å². The molecule has 0 bridgehead atoms. The number of nitrogens with zero attached hydrogens (tertiary/aromatic N) is 2. The molecule has 4 nitrogen and oxygen atoms in total. The molecule has 0 amide bonds. The minimum Gasteiger partial charge on any atom is -0.357 e. The lowest BCUT2D eigenvalue weighted by Crippen LogP contribution is -2.42. The van der Waals surface area contributed by atoms with Crippen LogP contribution in [0.25, 0.3) is 0 Å². The second-order valence-electron chi connectivity index (χ2n) is 5.17. The highest BCUT2D eigenvalue weighted by molar-refractivity contribution is 14.0. The summed E-state index contributed by atoms with van der Waals surface area (Å²) in [6.45, 7) is 7.37. The molecule has 22 heavy (non-hydrogen) atoms. The maximum Gasteiger partial charge on any atom is 0.191 e. The number of aliphatic imine (C=N–C) groups is 1. The fourth-order valence-electron chi connectivity index (χ4n) is 2.01. The Balaban J connectivity index is 0.00000441. The number of pyridine rings is 1. The molecule has 1 aromatic heterocycles. The van der Waals surface area contributed by atoms with Crippen LogP contribution < -0.4 is 10.6 Å². The van der Waals surface area contributed by atoms with Gasteiger partial charge in [-0.2, -0.15) is 0 Å². The van der Waals surface area contributed by atoms with Gasteiger partial charge in [0.05, 0.1) is 12.2 Å². The summed E-state index contributed by atoms with van der Waals surface area (Å²) in [5, 5.41) is 6.54. The van der Waals surface area contributed by atoms with E-state index in [1.54, 1.807) is 12.3 Å². The van der Waals surface area contributed by atoms with Crippen LogP contribution in [-0.4, -0.2) is 23.5 Å². The van der Waals surface area contributed by atoms with Gasteiger partial charge in [0.2, 0.25) is 0 Å². The molecule has 0 aliphatic heterocycles. The van der Waals surface area contributed by atoms with Crippen LogP contribution >= 0.6 is 24.0 Å². The van der Waals surface area contributed by atoms with Crippen LogP contribution in [0.1, 0.15) is 52.1 Å². The van der Waals surface area contributed by atoms with Crippen molar-refractivity contribution in [1.29, 1.82) is 0 Å². The Kier molecular flexibility index (Phi) is 12.1. The fourth-order valence-corrected chi connectivity index (χ4v) is 2.01. The van der Waals surface area contributed by atoms with Crippen molar-refractivity contribution in [2.75, 3.05) is 6.54 Å². The smallest absolute Gasteiger partial charge is 0.191 e. The summed E-state index contributed by atoms with van der Waals surface area (Å²) < 4.78 is 13.5. The number of halogens is 2. The van der Waals surface area contributed by atoms with Gasteiger partial charge >= 0.3 is 0 Å². The van der Waals surface area contributed by atoms with Gasteiger partial charge in [-0.1, -0.05) is 26.2 Å². The van der Waals surface area contributed by atoms with Crippen LogP contribution in [0, 0.1) is 5.82 Å². The molecular formula is C16H28FIN4. The Labute approximate surface area is 150 Å². The summed E-state index contributed by atoms with van der Waals surface area (Å²) in [5.74, 6) is 0.402. The molecule has 126 valence electrons. The molecule has 0 fully saturated rings. The Hall–Kier alpha value is -0.920. The highest BCUT2D eigenvalue weighted by atomic mass is 127. The van der Waals surface area contributed by atoms with Crippen molar-refractivity contribution in [3.05, 3.63) is 29.8 Å². The molecule has 1 heterocycles. The van der Waals surface area contributed by atoms with Crippen LogP contribution in [0.4, 0.5) is 4.39 Å². The Morgan fingerprint density at radius 3 is 2.77 bits per heavy atom. The normalized spacial score (nSPS) is 12.5. The molecule has 1 rings (SSSR count). The first-order valence-corrected chi connectivity index (χ1v) is 7.81. The first-order chi connectivity index (χ1) is 10.2. The van der Waals surface area contributed by atoms with E-state index in [-0.39, 0.29) is 36.3 Å². The molecule has 0 aliphatic carbocycles. The number of hydrogen-bond donors (Lipinski definition) is 2. The van der Waals surface area contributed by atoms with Gasteiger partial charge in [-0.25, -0.2) is 9.38 Å². The number of guanidine groups is 1. The van der Waals surface area contributed by atoms with Crippen molar-refractivity contribution in [1.82, 2.24) is 15.6 Å². The van der Waals surface area contributed by atoms with Gasteiger partial charge < -0.3 is 10.6 Å². The zero-order valence-electron chi connectivity index (χ0n) is 13.7. The SMILES string of the molecule is CCCCCC(C)NC(=NCc1ncccc1F)NCC.I. The van der Waals surface area contributed by atoms with Gasteiger partial charge in [0, 0.05) is 18.8 Å². The molecule has 0 aliphatic rings. The van der Waals surface area contributed by atoms with E-state index in [2.05, 4.69) is 34.5 Å². The first kappa shape index (κ1) is 21.1. The van der Waals surface area contributed by atoms with E-state index in [4.69, 9.17) is 0 Å². The van der Waals surface area contributed by atoms with Crippen molar-refractivity contribution in [2.24, 2.45) is 4.99 Å². The molecule has 1 atom stereocenters. The zero-order chi connectivity index (χ0) is 15.5. The van der Waals surface area contributed by atoms with E-state index in [0.29, 0.717) is 17.7 Å². The van der Waals surface area contributed by atoms with Crippen molar-refractivity contribution in [2.45, 2.75) is 59.0 Å². The molecular weight excluding hydrogens is 394 g/mol. The highest BCUT2D eigenvalue weighted by Crippen LogP contribution is 2.05. The maximum absolute atomic E-state index is 13.5. The maximum atomic E-state index is 13.5. The summed E-state index contributed by atoms with van der Waals surface area (Å²) in [6, 6.07) is 3.34. The van der Waals surface area contributed by atoms with Crippen molar-refractivity contribution in [3.63, 3.8) is 0 Å². The Morgan fingerprint density at radius 1 is 1.36 bits per heavy atom. The quantitative estimate of drug-likeness (QED) is 0.290. The predicted octanol–water partition coefficient (Wildman–Crippen LogP) is 3.86. The molecule has 0 saturated heterocycles. The van der Waals surface area contributed by atoms with Crippen LogP contribution in [0.3, 0.4) is 0 Å². The number of aromatic nitrogens is 1. The monoisotopic (exact) mass is 422 g/mol. The minimum absolute atomic E-state index is 0. The second-order valence-corrected chi connectivity index (χ2v) is 5.17. The fraction of sp³-hybridized carbons (Fsp3) is 0.625. The van der Waals surface area contributed by atoms with E-state index in [1.165, 1.54) is 25.3 Å². The molecule has 0 spiro atoms. The average molecular weight is 422 g/mol. The second kappa shape index (κ2) is 12.6. The van der Waals surface area contributed by atoms with E-state index in [9.17, 15) is 4.39 Å². The van der Waals surface area contributed by atoms with Crippen LogP contribution in [-0.2, 0) is 6.54 Å². The number of rotatable bonds is 8. The molecule has 0 saturated carbocycles. The topological polar surface area (TPSA) is 49.3 Å². The lowest BCUT2D eigenvalue weighted by atomic mass is 10.1. The van der Waals surface area contributed by atoms with Crippen LogP contribution in [0.15, 0.2) is 23.3 Å². The van der Waals surface area contributed by atoms with Crippen LogP contribution in [0.2, 0.25) is 0 Å². The van der Waals surface area contributed by atoms with Crippen LogP contribution in [0.5, 0.6) is 0 Å². The molecule has 1 unspecified atom stereocenters. The van der Waals surface area contributed by atoms with Crippen molar-refractivity contribution >= 4 is 29.9 Å². The zero-order valence-corrected chi connectivity index (χ0v) is 16.1. The summed E-state index contributed by atoms with van der Waals surface area (Å²) in [6.07, 6.45) is 6.37. The standard InChI is InChI=1S/C16H27FN4.HI/c1-4-6-7-9-13(3)21-16(18-5-2)20-12-15-14(17)10-8-11-19-15;/h8,10-11,13H,4-7,9,12H2,1-3H3,(H2,18,20,21);1H. The first-order valence-electron chi connectivity index (χ1n) is 7.81. The third kappa shape index (κ3) is 8.51. The third-order valence-electron chi connectivity index (χ3n) is 3.19. The van der Waals surface area contributed by atoms with Gasteiger partial charge in [-0.05, 0) is 32.4 Å². The van der Waals surface area contributed by atoms with E-state index in [0.717, 1.165) is 13.0 Å². The molecule has 0 aromatic carbocycles. The molecule has 2 N–H and O–H groups in total. The van der Waals surface area contributed by atoms with Gasteiger partial charge in [0.15, 0.2) is 5.96 Å². The Morgan fingerprint density at radius 2 is 2.14 bits per heavy atom. The average Bonchev–Trinajstić information content (AvgIpc) is 2.46. The van der Waals surface area contributed by atoms with Gasteiger partial charge in [0.1, 0.15) is 5.82 Å². The number of unbranched alkanes of at least 4 members (excludes halogenated alkanes) is 2. The largest absolute Gasteiger partial charge is 0.357 e. The third-order valence-corrected chi connectivity index (χ3v) is 3.19. The molecule has 6 heteroatoms. The van der Waals surface area contributed by atoms with Gasteiger partial charge in [-0.3, -0.25) is 4.98 Å². The van der Waals surface area contributed by atoms with E-state index in [1.807, 2.05) is 6.92 Å². The van der Waals surface area contributed by atoms with E-state index < -0.39 is 0 Å². The lowest BCUT2D eigenvalue weighted by molar-refractivity contribution is 0.546. The number of nitrogens with one attached hydrogen (secondary N) is 2. The van der Waals surface area contributed by atoms with Gasteiger partial charge in [0.25, 0.3) is 0 Å². The highest BCUT2D eigenvalue weighted by Gasteiger charge is 2.06. The minimum atomic E-state index is -0.312. The van der Waals surface area contributed by atoms with Gasteiger partial charge in [-0.15, -0.1) is 24.0 Å². The summed E-state index contributed by atoms with van der Waals surface area (Å²) >= 11 is 0. The molecule has 0 radical (unpaired) electrons. The van der Waals surface area contributed by atoms with Crippen molar-refractivity contribution < 1.29 is 4.39 Å². The number of hydrogen-bond acceptors (Lipinski definition) is 2.